The lowest BCUT2D eigenvalue weighted by atomic mass is 9.95. The average molecular weight is 254 g/mol. The lowest BCUT2D eigenvalue weighted by molar-refractivity contribution is -0.129. The number of hydrogen-bond acceptors (Lipinski definition) is 4. The van der Waals surface area contributed by atoms with Crippen molar-refractivity contribution in [3.8, 4) is 0 Å². The zero-order chi connectivity index (χ0) is 13.9. The number of carbonyl (C=O) groups excluding carboxylic acids is 2. The third kappa shape index (κ3) is 3.33. The predicted molar refractivity (Wildman–Crippen MR) is 64.0 cm³/mol. The average Bonchev–Trinajstić information content (AvgIpc) is 2.75. The number of furan rings is 1. The smallest absolute Gasteiger partial charge is 0.310 e. The van der Waals surface area contributed by atoms with Crippen LogP contribution >= 0.6 is 0 Å². The van der Waals surface area contributed by atoms with Gasteiger partial charge in [-0.05, 0) is 13.0 Å². The fraction of sp³-hybridized carbons (Fsp3) is 0.500. The highest BCUT2D eigenvalue weighted by Crippen LogP contribution is 2.19. The summed E-state index contributed by atoms with van der Waals surface area (Å²) in [6.07, 6.45) is 1.37. The maximum atomic E-state index is 11.8. The van der Waals surface area contributed by atoms with Gasteiger partial charge in [0, 0.05) is 11.0 Å². The number of hydrogen-bond donors (Lipinski definition) is 3. The molecule has 1 atom stereocenters. The van der Waals surface area contributed by atoms with E-state index in [1.807, 2.05) is 20.8 Å². The summed E-state index contributed by atoms with van der Waals surface area (Å²) in [6.45, 7) is 7.23. The zero-order valence-corrected chi connectivity index (χ0v) is 10.9. The van der Waals surface area contributed by atoms with E-state index in [1.165, 1.54) is 17.8 Å². The number of carbonyl (C=O) groups is 2. The predicted octanol–water partition coefficient (Wildman–Crippen LogP) is 1.62. The summed E-state index contributed by atoms with van der Waals surface area (Å²) >= 11 is 0. The molecular formula is C12H18N2O4. The van der Waals surface area contributed by atoms with Gasteiger partial charge in [-0.25, -0.2) is 5.48 Å². The molecule has 0 aromatic carbocycles. The van der Waals surface area contributed by atoms with E-state index in [2.05, 4.69) is 5.32 Å². The van der Waals surface area contributed by atoms with Crippen molar-refractivity contribution < 1.29 is 19.2 Å². The molecule has 1 aromatic rings. The molecule has 2 amide bonds. The molecule has 0 aliphatic carbocycles. The van der Waals surface area contributed by atoms with Gasteiger partial charge in [0.05, 0.1) is 12.3 Å². The van der Waals surface area contributed by atoms with E-state index in [4.69, 9.17) is 9.62 Å². The Morgan fingerprint density at radius 1 is 1.39 bits per heavy atom. The second kappa shape index (κ2) is 5.22. The quantitative estimate of drug-likeness (QED) is 0.564. The Kier molecular flexibility index (Phi) is 4.13. The van der Waals surface area contributed by atoms with Crippen LogP contribution in [0.2, 0.25) is 0 Å². The molecule has 6 nitrogen and oxygen atoms in total. The van der Waals surface area contributed by atoms with Crippen LogP contribution < -0.4 is 10.8 Å². The van der Waals surface area contributed by atoms with Crippen LogP contribution in [0.1, 0.15) is 49.9 Å². The van der Waals surface area contributed by atoms with Gasteiger partial charge in [-0.1, -0.05) is 20.8 Å². The highest BCUT2D eigenvalue weighted by atomic mass is 16.5. The number of rotatable bonds is 3. The second-order valence-electron chi connectivity index (χ2n) is 5.13. The zero-order valence-electron chi connectivity index (χ0n) is 10.9. The molecule has 0 bridgehead atoms. The Balaban J connectivity index is 2.73. The summed E-state index contributed by atoms with van der Waals surface area (Å²) < 4.78 is 4.98. The maximum Gasteiger partial charge on any atom is 0.310 e. The molecule has 1 rings (SSSR count). The molecule has 0 spiro atoms. The first kappa shape index (κ1) is 14.2. The maximum absolute atomic E-state index is 11.8. The summed E-state index contributed by atoms with van der Waals surface area (Å²) in [5.41, 5.74) is 1.65. The van der Waals surface area contributed by atoms with Crippen molar-refractivity contribution in [1.29, 1.82) is 0 Å². The van der Waals surface area contributed by atoms with E-state index in [0.717, 1.165) is 0 Å². The molecule has 18 heavy (non-hydrogen) atoms. The largest absolute Gasteiger partial charge is 0.459 e. The minimum absolute atomic E-state index is 0.00985. The van der Waals surface area contributed by atoms with Crippen LogP contribution in [0.4, 0.5) is 0 Å². The van der Waals surface area contributed by atoms with Crippen LogP contribution in [0.3, 0.4) is 0 Å². The number of hydroxylamine groups is 1. The van der Waals surface area contributed by atoms with Crippen LogP contribution in [0.5, 0.6) is 0 Å². The Labute approximate surface area is 105 Å². The monoisotopic (exact) mass is 254 g/mol. The summed E-state index contributed by atoms with van der Waals surface area (Å²) in [5, 5.41) is 11.3. The van der Waals surface area contributed by atoms with Crippen molar-refractivity contribution in [3.05, 3.63) is 23.7 Å². The standard InChI is InChI=1S/C12H18N2O4/c1-7(13-11(16)12(2,3)4)8-5-9(18-6-8)10(15)14-17/h5-7,17H,1-4H3,(H,13,16)(H,14,15). The van der Waals surface area contributed by atoms with Gasteiger partial charge in [0.1, 0.15) is 0 Å². The fourth-order valence-electron chi connectivity index (χ4n) is 1.25. The summed E-state index contributed by atoms with van der Waals surface area (Å²) in [4.78, 5) is 22.9. The van der Waals surface area contributed by atoms with E-state index < -0.39 is 11.3 Å². The third-order valence-corrected chi connectivity index (χ3v) is 2.47. The molecule has 3 N–H and O–H groups in total. The molecule has 1 unspecified atom stereocenters. The van der Waals surface area contributed by atoms with Gasteiger partial charge in [-0.3, -0.25) is 14.8 Å². The summed E-state index contributed by atoms with van der Waals surface area (Å²) in [6, 6.07) is 1.19. The van der Waals surface area contributed by atoms with E-state index in [9.17, 15) is 9.59 Å². The molecule has 1 heterocycles. The molecule has 0 aliphatic heterocycles. The first-order chi connectivity index (χ1) is 8.25. The van der Waals surface area contributed by atoms with Gasteiger partial charge in [0.15, 0.2) is 5.76 Å². The molecule has 0 fully saturated rings. The SMILES string of the molecule is CC(NC(=O)C(C)(C)C)c1coc(C(=O)NO)c1. The Bertz CT molecular complexity index is 445. The lowest BCUT2D eigenvalue weighted by Gasteiger charge is -2.21. The van der Waals surface area contributed by atoms with Crippen LogP contribution in [-0.2, 0) is 4.79 Å². The van der Waals surface area contributed by atoms with Crippen LogP contribution in [0.15, 0.2) is 16.7 Å². The first-order valence-corrected chi connectivity index (χ1v) is 5.59. The first-order valence-electron chi connectivity index (χ1n) is 5.59. The van der Waals surface area contributed by atoms with E-state index in [1.54, 1.807) is 6.92 Å². The van der Waals surface area contributed by atoms with Crippen LogP contribution in [0, 0.1) is 5.41 Å². The fourth-order valence-corrected chi connectivity index (χ4v) is 1.25. The normalized spacial score (nSPS) is 12.9. The molecule has 100 valence electrons. The molecule has 0 radical (unpaired) electrons. The van der Waals surface area contributed by atoms with Gasteiger partial charge in [-0.15, -0.1) is 0 Å². The van der Waals surface area contributed by atoms with Crippen LogP contribution in [0.25, 0.3) is 0 Å². The highest BCUT2D eigenvalue weighted by molar-refractivity contribution is 5.90. The van der Waals surface area contributed by atoms with E-state index >= 15 is 0 Å². The van der Waals surface area contributed by atoms with Gasteiger partial charge in [0.2, 0.25) is 5.91 Å². The summed E-state index contributed by atoms with van der Waals surface area (Å²) in [7, 11) is 0. The van der Waals surface area contributed by atoms with Crippen LogP contribution in [-0.4, -0.2) is 17.0 Å². The van der Waals surface area contributed by atoms with Gasteiger partial charge in [-0.2, -0.15) is 0 Å². The van der Waals surface area contributed by atoms with Gasteiger partial charge >= 0.3 is 5.91 Å². The van der Waals surface area contributed by atoms with Gasteiger partial charge < -0.3 is 9.73 Å². The molecule has 1 aromatic heterocycles. The molecule has 0 saturated heterocycles. The van der Waals surface area contributed by atoms with E-state index in [-0.39, 0.29) is 17.7 Å². The Morgan fingerprint density at radius 3 is 2.50 bits per heavy atom. The van der Waals surface area contributed by atoms with Crippen molar-refractivity contribution >= 4 is 11.8 Å². The lowest BCUT2D eigenvalue weighted by Crippen LogP contribution is -2.36. The van der Waals surface area contributed by atoms with Gasteiger partial charge in [0.25, 0.3) is 0 Å². The minimum atomic E-state index is -0.726. The number of nitrogens with one attached hydrogen (secondary N) is 2. The van der Waals surface area contributed by atoms with Crippen molar-refractivity contribution in [2.45, 2.75) is 33.7 Å². The van der Waals surface area contributed by atoms with Crippen molar-refractivity contribution in [3.63, 3.8) is 0 Å². The highest BCUT2D eigenvalue weighted by Gasteiger charge is 2.24. The molecule has 6 heteroatoms. The number of amides is 2. The van der Waals surface area contributed by atoms with Crippen molar-refractivity contribution in [2.24, 2.45) is 5.41 Å². The molecule has 0 saturated carbocycles. The van der Waals surface area contributed by atoms with Crippen molar-refractivity contribution in [2.75, 3.05) is 0 Å². The van der Waals surface area contributed by atoms with E-state index in [0.29, 0.717) is 5.56 Å². The third-order valence-electron chi connectivity index (χ3n) is 2.47. The molecular weight excluding hydrogens is 236 g/mol. The molecule has 0 aliphatic rings. The topological polar surface area (TPSA) is 91.6 Å². The Morgan fingerprint density at radius 2 is 2.00 bits per heavy atom. The summed E-state index contributed by atoms with van der Waals surface area (Å²) in [5.74, 6) is -0.829. The minimum Gasteiger partial charge on any atom is -0.459 e. The Hall–Kier alpha value is -1.82. The second-order valence-corrected chi connectivity index (χ2v) is 5.13. The van der Waals surface area contributed by atoms with Crippen molar-refractivity contribution in [1.82, 2.24) is 10.8 Å².